The summed E-state index contributed by atoms with van der Waals surface area (Å²) < 4.78 is 12.1. The molecule has 1 aliphatic heterocycles. The number of carbonyl (C=O) groups excluding carboxylic acids is 1. The van der Waals surface area contributed by atoms with Crippen LogP contribution in [0.4, 0.5) is 5.69 Å². The molecule has 0 saturated carbocycles. The summed E-state index contributed by atoms with van der Waals surface area (Å²) in [6.07, 6.45) is 1.82. The summed E-state index contributed by atoms with van der Waals surface area (Å²) in [7, 11) is 1.60. The predicted octanol–water partition coefficient (Wildman–Crippen LogP) is 5.30. The van der Waals surface area contributed by atoms with Gasteiger partial charge in [0.05, 0.1) is 35.2 Å². The molecule has 0 aromatic heterocycles. The average Bonchev–Trinajstić information content (AvgIpc) is 2.95. The van der Waals surface area contributed by atoms with Gasteiger partial charge in [0.25, 0.3) is 5.91 Å². The fourth-order valence-corrected chi connectivity index (χ4v) is 3.38. The summed E-state index contributed by atoms with van der Waals surface area (Å²) in [4.78, 5) is 12.9. The Balaban J connectivity index is 1.92. The summed E-state index contributed by atoms with van der Waals surface area (Å²) >= 11 is 3.56. The van der Waals surface area contributed by atoms with Gasteiger partial charge in [-0.2, -0.15) is 10.1 Å². The first-order valence-electron chi connectivity index (χ1n) is 9.07. The molecule has 0 atom stereocenters. The van der Waals surface area contributed by atoms with E-state index in [-0.39, 0.29) is 5.91 Å². The fraction of sp³-hybridized carbons (Fsp3) is 0.273. The highest BCUT2D eigenvalue weighted by molar-refractivity contribution is 9.10. The average molecular weight is 443 g/mol. The molecule has 1 aliphatic rings. The van der Waals surface area contributed by atoms with E-state index in [0.29, 0.717) is 35.3 Å². The molecule has 1 amide bonds. The van der Waals surface area contributed by atoms with E-state index in [4.69, 9.17) is 9.47 Å². The number of rotatable bonds is 6. The lowest BCUT2D eigenvalue weighted by molar-refractivity contribution is -0.114. The number of hydrogen-bond acceptors (Lipinski definition) is 4. The molecule has 0 unspecified atom stereocenters. The maximum absolute atomic E-state index is 12.9. The van der Waals surface area contributed by atoms with Gasteiger partial charge < -0.3 is 9.47 Å². The summed E-state index contributed by atoms with van der Waals surface area (Å²) in [5, 5.41) is 5.84. The van der Waals surface area contributed by atoms with Crippen LogP contribution in [0.15, 0.2) is 57.6 Å². The van der Waals surface area contributed by atoms with Crippen molar-refractivity contribution in [3.8, 4) is 11.5 Å². The van der Waals surface area contributed by atoms with Gasteiger partial charge in [0.15, 0.2) is 11.5 Å². The highest BCUT2D eigenvalue weighted by atomic mass is 79.9. The molecular formula is C22H23BrN2O3. The number of para-hydroxylation sites is 1. The summed E-state index contributed by atoms with van der Waals surface area (Å²) in [5.74, 6) is 1.52. The zero-order valence-electron chi connectivity index (χ0n) is 16.4. The molecule has 0 fully saturated rings. The number of hydrazone groups is 1. The van der Waals surface area contributed by atoms with Gasteiger partial charge in [0.2, 0.25) is 0 Å². The van der Waals surface area contributed by atoms with E-state index < -0.39 is 0 Å². The van der Waals surface area contributed by atoms with Crippen molar-refractivity contribution in [1.82, 2.24) is 0 Å². The maximum Gasteiger partial charge on any atom is 0.280 e. The second-order valence-corrected chi connectivity index (χ2v) is 7.79. The number of ether oxygens (including phenoxy) is 2. The molecule has 0 aliphatic carbocycles. The quantitative estimate of drug-likeness (QED) is 0.570. The lowest BCUT2D eigenvalue weighted by Crippen LogP contribution is -2.21. The van der Waals surface area contributed by atoms with Crippen LogP contribution < -0.4 is 14.5 Å². The first-order valence-corrected chi connectivity index (χ1v) is 9.87. The SMILES string of the molecule is COc1cc(/C=C2\C(=O)N(c3ccccc3)N=C2C)cc(Br)c1OCC(C)C. The lowest BCUT2D eigenvalue weighted by Gasteiger charge is -2.15. The number of anilines is 1. The van der Waals surface area contributed by atoms with E-state index >= 15 is 0 Å². The van der Waals surface area contributed by atoms with E-state index in [2.05, 4.69) is 34.9 Å². The van der Waals surface area contributed by atoms with Crippen molar-refractivity contribution in [1.29, 1.82) is 0 Å². The van der Waals surface area contributed by atoms with Crippen molar-refractivity contribution in [2.75, 3.05) is 18.7 Å². The highest BCUT2D eigenvalue weighted by Crippen LogP contribution is 2.38. The molecule has 0 N–H and O–H groups in total. The standard InChI is InChI=1S/C22H23BrN2O3/c1-14(2)13-28-21-19(23)11-16(12-20(21)27-4)10-18-15(3)24-25(22(18)26)17-8-6-5-7-9-17/h5-12,14H,13H2,1-4H3/b18-10-. The normalized spacial score (nSPS) is 15.4. The molecule has 2 aromatic carbocycles. The van der Waals surface area contributed by atoms with Crippen molar-refractivity contribution in [2.45, 2.75) is 20.8 Å². The minimum Gasteiger partial charge on any atom is -0.493 e. The third kappa shape index (κ3) is 4.28. The Hall–Kier alpha value is -2.60. The maximum atomic E-state index is 12.9. The molecule has 6 heteroatoms. The zero-order valence-corrected chi connectivity index (χ0v) is 18.0. The lowest BCUT2D eigenvalue weighted by atomic mass is 10.1. The number of halogens is 1. The van der Waals surface area contributed by atoms with Crippen molar-refractivity contribution in [3.63, 3.8) is 0 Å². The minimum atomic E-state index is -0.154. The summed E-state index contributed by atoms with van der Waals surface area (Å²) in [6.45, 7) is 6.60. The van der Waals surface area contributed by atoms with Crippen LogP contribution in [0.25, 0.3) is 6.08 Å². The molecule has 0 bridgehead atoms. The van der Waals surface area contributed by atoms with Gasteiger partial charge >= 0.3 is 0 Å². The molecule has 0 saturated heterocycles. The van der Waals surface area contributed by atoms with Gasteiger partial charge in [-0.05, 0) is 64.7 Å². The second-order valence-electron chi connectivity index (χ2n) is 6.93. The Morgan fingerprint density at radius 3 is 2.57 bits per heavy atom. The van der Waals surface area contributed by atoms with Crippen LogP contribution >= 0.6 is 15.9 Å². The Bertz CT molecular complexity index is 936. The largest absolute Gasteiger partial charge is 0.493 e. The summed E-state index contributed by atoms with van der Waals surface area (Å²) in [5.41, 5.74) is 2.79. The van der Waals surface area contributed by atoms with Gasteiger partial charge in [-0.15, -0.1) is 0 Å². The van der Waals surface area contributed by atoms with Gasteiger partial charge in [0, 0.05) is 0 Å². The molecular weight excluding hydrogens is 420 g/mol. The highest BCUT2D eigenvalue weighted by Gasteiger charge is 2.28. The van der Waals surface area contributed by atoms with Gasteiger partial charge in [-0.25, -0.2) is 0 Å². The monoisotopic (exact) mass is 442 g/mol. The van der Waals surface area contributed by atoms with Crippen molar-refractivity contribution in [2.24, 2.45) is 11.0 Å². The van der Waals surface area contributed by atoms with Crippen molar-refractivity contribution >= 4 is 39.3 Å². The molecule has 3 rings (SSSR count). The van der Waals surface area contributed by atoms with E-state index in [1.807, 2.05) is 55.5 Å². The fourth-order valence-electron chi connectivity index (χ4n) is 2.81. The van der Waals surface area contributed by atoms with Crippen LogP contribution in [0.1, 0.15) is 26.3 Å². The van der Waals surface area contributed by atoms with Crippen molar-refractivity contribution < 1.29 is 14.3 Å². The van der Waals surface area contributed by atoms with Crippen molar-refractivity contribution in [3.05, 3.63) is 58.1 Å². The Labute approximate surface area is 173 Å². The van der Waals surface area contributed by atoms with Gasteiger partial charge in [-0.3, -0.25) is 4.79 Å². The third-order valence-electron chi connectivity index (χ3n) is 4.19. The second kappa shape index (κ2) is 8.61. The van der Waals surface area contributed by atoms with E-state index in [0.717, 1.165) is 15.7 Å². The third-order valence-corrected chi connectivity index (χ3v) is 4.78. The number of carbonyl (C=O) groups is 1. The molecule has 0 spiro atoms. The molecule has 2 aromatic rings. The molecule has 5 nitrogen and oxygen atoms in total. The van der Waals surface area contributed by atoms with Crippen LogP contribution in [-0.2, 0) is 4.79 Å². The van der Waals surface area contributed by atoms with Crippen LogP contribution in [0, 0.1) is 5.92 Å². The molecule has 146 valence electrons. The predicted molar refractivity (Wildman–Crippen MR) is 116 cm³/mol. The number of hydrogen-bond donors (Lipinski definition) is 0. The first-order chi connectivity index (χ1) is 13.4. The smallest absolute Gasteiger partial charge is 0.280 e. The zero-order chi connectivity index (χ0) is 20.3. The first kappa shape index (κ1) is 20.1. The Morgan fingerprint density at radius 1 is 1.21 bits per heavy atom. The van der Waals surface area contributed by atoms with Gasteiger partial charge in [-0.1, -0.05) is 32.0 Å². The van der Waals surface area contributed by atoms with Crippen LogP contribution in [-0.4, -0.2) is 25.3 Å². The Kier molecular flexibility index (Phi) is 6.19. The van der Waals surface area contributed by atoms with E-state index in [9.17, 15) is 4.79 Å². The van der Waals surface area contributed by atoms with E-state index in [1.165, 1.54) is 5.01 Å². The van der Waals surface area contributed by atoms with Crippen LogP contribution in [0.2, 0.25) is 0 Å². The number of amides is 1. The number of benzene rings is 2. The van der Waals surface area contributed by atoms with Gasteiger partial charge in [0.1, 0.15) is 0 Å². The van der Waals surface area contributed by atoms with E-state index in [1.54, 1.807) is 7.11 Å². The van der Waals surface area contributed by atoms with Crippen LogP contribution in [0.3, 0.4) is 0 Å². The molecule has 1 heterocycles. The molecule has 0 radical (unpaired) electrons. The summed E-state index contributed by atoms with van der Waals surface area (Å²) in [6, 6.07) is 13.2. The topological polar surface area (TPSA) is 51.1 Å². The number of methoxy groups -OCH3 is 1. The molecule has 28 heavy (non-hydrogen) atoms. The number of nitrogens with zero attached hydrogens (tertiary/aromatic N) is 2. The van der Waals surface area contributed by atoms with Crippen LogP contribution in [0.5, 0.6) is 11.5 Å². The Morgan fingerprint density at radius 2 is 1.93 bits per heavy atom. The minimum absolute atomic E-state index is 0.154.